The largest absolute Gasteiger partial charge is 0.502 e. The molecular weight excluding hydrogens is 466 g/mol. The topological polar surface area (TPSA) is 75.0 Å². The molecule has 1 atom stereocenters. The molecule has 2 aliphatic heterocycles. The molecule has 8 heteroatoms. The summed E-state index contributed by atoms with van der Waals surface area (Å²) in [6.45, 7) is 0.849. The van der Waals surface area contributed by atoms with Crippen molar-refractivity contribution in [2.75, 3.05) is 24.8 Å². The van der Waals surface area contributed by atoms with Crippen LogP contribution in [-0.4, -0.2) is 40.4 Å². The summed E-state index contributed by atoms with van der Waals surface area (Å²) < 4.78 is 7.77. The van der Waals surface area contributed by atoms with E-state index < -0.39 is 23.1 Å². The van der Waals surface area contributed by atoms with Gasteiger partial charge in [-0.05, 0) is 42.0 Å². The first-order valence-electron chi connectivity index (χ1n) is 11.7. The maximum Gasteiger partial charge on any atom is 0.278 e. The second-order valence-corrected chi connectivity index (χ2v) is 9.48. The molecule has 1 aliphatic carbocycles. The molecule has 3 heterocycles. The van der Waals surface area contributed by atoms with E-state index in [4.69, 9.17) is 16.3 Å². The predicted octanol–water partition coefficient (Wildman–Crippen LogP) is 4.17. The molecule has 3 aliphatic rings. The number of nitrogens with zero attached hydrogens (tertiary/aromatic N) is 3. The summed E-state index contributed by atoms with van der Waals surface area (Å²) in [6.07, 6.45) is 7.50. The molecule has 1 N–H and O–H groups in total. The minimum Gasteiger partial charge on any atom is -0.502 e. The van der Waals surface area contributed by atoms with E-state index in [2.05, 4.69) is 12.1 Å². The van der Waals surface area contributed by atoms with Crippen LogP contribution in [0.3, 0.4) is 0 Å². The van der Waals surface area contributed by atoms with Gasteiger partial charge in [-0.15, -0.1) is 0 Å². The summed E-state index contributed by atoms with van der Waals surface area (Å²) in [6, 6.07) is 14.9. The van der Waals surface area contributed by atoms with E-state index >= 15 is 0 Å². The van der Waals surface area contributed by atoms with Crippen LogP contribution in [-0.2, 0) is 0 Å². The van der Waals surface area contributed by atoms with Crippen molar-refractivity contribution in [3.05, 3.63) is 105 Å². The van der Waals surface area contributed by atoms with Crippen LogP contribution in [0.5, 0.6) is 11.5 Å². The molecule has 3 aromatic rings. The number of benzene rings is 2. The first kappa shape index (κ1) is 21.8. The summed E-state index contributed by atoms with van der Waals surface area (Å²) in [5, 5.41) is 13.2. The lowest BCUT2D eigenvalue weighted by molar-refractivity contribution is 0.0701. The quantitative estimate of drug-likeness (QED) is 0.547. The second-order valence-electron chi connectivity index (χ2n) is 9.08. The van der Waals surface area contributed by atoms with Gasteiger partial charge in [0.1, 0.15) is 25.1 Å². The maximum atomic E-state index is 13.4. The Balaban J connectivity index is 1.66. The van der Waals surface area contributed by atoms with Crippen LogP contribution in [0.4, 0.5) is 0 Å². The summed E-state index contributed by atoms with van der Waals surface area (Å²) in [4.78, 5) is 27.3. The van der Waals surface area contributed by atoms with Gasteiger partial charge in [-0.2, -0.15) is 0 Å². The predicted molar refractivity (Wildman–Crippen MR) is 133 cm³/mol. The van der Waals surface area contributed by atoms with Crippen molar-refractivity contribution in [1.82, 2.24) is 9.58 Å². The molecule has 35 heavy (non-hydrogen) atoms. The molecule has 2 bridgehead atoms. The van der Waals surface area contributed by atoms with Gasteiger partial charge in [0.15, 0.2) is 11.4 Å². The third-order valence-electron chi connectivity index (χ3n) is 6.85. The fraction of sp³-hybridized carbons (Fsp3) is 0.259. The maximum absolute atomic E-state index is 13.4. The van der Waals surface area contributed by atoms with E-state index in [0.29, 0.717) is 29.8 Å². The number of fused-ring (bicyclic) bond motifs is 5. The molecule has 0 radical (unpaired) electrons. The van der Waals surface area contributed by atoms with Crippen LogP contribution in [0.2, 0.25) is 5.02 Å². The standard InChI is InChI=1S/C27H24ClN3O4/c28-21-9-5-8-20-23(19-7-2-1-6-18(19)17-10-11-17)31-16-29(13-3-4-15-35-26(20)21)27(34)24-25(33)22(32)12-14-30(24)31/h1-9,12,14,17,23,33H,10-11,13,15-16H2/b4-3+/t23-/m1/s1. The van der Waals surface area contributed by atoms with Crippen LogP contribution < -0.4 is 15.2 Å². The molecule has 1 aromatic heterocycles. The Bertz CT molecular complexity index is 1410. The van der Waals surface area contributed by atoms with Crippen molar-refractivity contribution in [2.45, 2.75) is 24.8 Å². The number of carbonyl (C=O) groups excluding carboxylic acids is 1. The molecule has 6 rings (SSSR count). The Morgan fingerprint density at radius 1 is 0.943 bits per heavy atom. The molecule has 1 saturated carbocycles. The molecule has 0 saturated heterocycles. The Morgan fingerprint density at radius 2 is 1.71 bits per heavy atom. The number of aromatic hydroxyl groups is 1. The fourth-order valence-corrected chi connectivity index (χ4v) is 5.28. The molecular formula is C27H24ClN3O4. The molecule has 2 aromatic carbocycles. The van der Waals surface area contributed by atoms with Gasteiger partial charge in [-0.3, -0.25) is 19.3 Å². The zero-order valence-corrected chi connectivity index (χ0v) is 19.7. The molecule has 178 valence electrons. The van der Waals surface area contributed by atoms with Crippen molar-refractivity contribution in [1.29, 1.82) is 0 Å². The van der Waals surface area contributed by atoms with E-state index in [1.165, 1.54) is 11.6 Å². The number of hydrogen-bond acceptors (Lipinski definition) is 5. The van der Waals surface area contributed by atoms with E-state index in [0.717, 1.165) is 24.0 Å². The molecule has 0 unspecified atom stereocenters. The minimum atomic E-state index is -0.590. The smallest absolute Gasteiger partial charge is 0.278 e. The van der Waals surface area contributed by atoms with Crippen molar-refractivity contribution >= 4 is 17.5 Å². The van der Waals surface area contributed by atoms with Gasteiger partial charge in [0, 0.05) is 24.4 Å². The first-order chi connectivity index (χ1) is 17.0. The zero-order chi connectivity index (χ0) is 24.1. The molecule has 7 nitrogen and oxygen atoms in total. The molecule has 1 fully saturated rings. The lowest BCUT2D eigenvalue weighted by Crippen LogP contribution is -2.55. The van der Waals surface area contributed by atoms with Gasteiger partial charge >= 0.3 is 0 Å². The van der Waals surface area contributed by atoms with Gasteiger partial charge in [0.2, 0.25) is 5.43 Å². The van der Waals surface area contributed by atoms with Gasteiger partial charge in [-0.25, -0.2) is 0 Å². The monoisotopic (exact) mass is 489 g/mol. The Hall–Kier alpha value is -3.71. The zero-order valence-electron chi connectivity index (χ0n) is 18.9. The van der Waals surface area contributed by atoms with Gasteiger partial charge in [-0.1, -0.05) is 54.1 Å². The number of hydrogen-bond donors (Lipinski definition) is 1. The highest BCUT2D eigenvalue weighted by atomic mass is 35.5. The van der Waals surface area contributed by atoms with Crippen LogP contribution in [0.1, 0.15) is 52.0 Å². The number of rotatable bonds is 2. The average molecular weight is 490 g/mol. The normalized spacial score (nSPS) is 20.4. The van der Waals surface area contributed by atoms with Gasteiger partial charge < -0.3 is 14.7 Å². The van der Waals surface area contributed by atoms with Gasteiger partial charge in [0.25, 0.3) is 5.91 Å². The van der Waals surface area contributed by atoms with Crippen molar-refractivity contribution in [2.24, 2.45) is 0 Å². The summed E-state index contributed by atoms with van der Waals surface area (Å²) in [5.74, 6) is 0.0928. The third kappa shape index (κ3) is 3.67. The summed E-state index contributed by atoms with van der Waals surface area (Å²) in [7, 11) is 0. The minimum absolute atomic E-state index is 0.0465. The molecule has 0 spiro atoms. The van der Waals surface area contributed by atoms with Crippen LogP contribution >= 0.6 is 11.6 Å². The van der Waals surface area contributed by atoms with Crippen LogP contribution in [0.25, 0.3) is 0 Å². The summed E-state index contributed by atoms with van der Waals surface area (Å²) >= 11 is 6.65. The van der Waals surface area contributed by atoms with E-state index in [1.54, 1.807) is 21.8 Å². The number of halogens is 1. The second kappa shape index (κ2) is 8.50. The SMILES string of the molecule is O=C1c2c(O)c(=O)ccn2N2CN1C/C=C/COc1c(Cl)cccc1[C@H]2c1ccccc1C1CC1. The number of carbonyl (C=O) groups is 1. The van der Waals surface area contributed by atoms with Crippen molar-refractivity contribution in [3.63, 3.8) is 0 Å². The van der Waals surface area contributed by atoms with E-state index in [9.17, 15) is 14.7 Å². The van der Waals surface area contributed by atoms with Crippen LogP contribution in [0, 0.1) is 0 Å². The lowest BCUT2D eigenvalue weighted by atomic mass is 9.91. The van der Waals surface area contributed by atoms with Crippen molar-refractivity contribution < 1.29 is 14.6 Å². The Kier molecular flexibility index (Phi) is 5.29. The number of aromatic nitrogens is 1. The first-order valence-corrected chi connectivity index (χ1v) is 12.1. The highest BCUT2D eigenvalue weighted by Crippen LogP contribution is 2.47. The fourth-order valence-electron chi connectivity index (χ4n) is 5.04. The Labute approximate surface area is 207 Å². The summed E-state index contributed by atoms with van der Waals surface area (Å²) in [5.41, 5.74) is 2.53. The number of ether oxygens (including phenoxy) is 1. The van der Waals surface area contributed by atoms with E-state index in [-0.39, 0.29) is 12.4 Å². The number of pyridine rings is 1. The molecule has 1 amide bonds. The lowest BCUT2D eigenvalue weighted by Gasteiger charge is -2.44. The number of amides is 1. The van der Waals surface area contributed by atoms with Crippen molar-refractivity contribution in [3.8, 4) is 11.5 Å². The highest BCUT2D eigenvalue weighted by molar-refractivity contribution is 6.32. The number of para-hydroxylation sites is 1. The average Bonchev–Trinajstić information content (AvgIpc) is 3.70. The third-order valence-corrected chi connectivity index (χ3v) is 7.15. The van der Waals surface area contributed by atoms with Crippen LogP contribution in [0.15, 0.2) is 71.7 Å². The van der Waals surface area contributed by atoms with E-state index in [1.807, 2.05) is 41.4 Å². The highest BCUT2D eigenvalue weighted by Gasteiger charge is 2.39. The van der Waals surface area contributed by atoms with Gasteiger partial charge in [0.05, 0.1) is 5.02 Å². The Morgan fingerprint density at radius 3 is 2.51 bits per heavy atom.